The molecular weight excluding hydrogens is 258 g/mol. The number of nitrogens with one attached hydrogen (secondary N) is 1. The third-order valence-electron chi connectivity index (χ3n) is 2.84. The number of H-pyrrole nitrogens is 1. The lowest BCUT2D eigenvalue weighted by atomic mass is 10.1. The maximum Gasteiger partial charge on any atom is 0.417 e. The van der Waals surface area contributed by atoms with Crippen LogP contribution in [0.4, 0.5) is 5.95 Å². The molecule has 1 N–H and O–H groups in total. The number of nitriles is 1. The normalized spacial score (nSPS) is 10.4. The first kappa shape index (κ1) is 11.9. The number of aromatic amines is 1. The fourth-order valence-corrected chi connectivity index (χ4v) is 1.82. The summed E-state index contributed by atoms with van der Waals surface area (Å²) in [5.41, 5.74) is 2.75. The quantitative estimate of drug-likeness (QED) is 0.558. The Morgan fingerprint density at radius 2 is 2.05 bits per heavy atom. The van der Waals surface area contributed by atoms with E-state index in [4.69, 9.17) is 9.68 Å². The molecule has 98 valence electrons. The molecule has 0 unspecified atom stereocenters. The molecule has 7 nitrogen and oxygen atoms in total. The zero-order valence-corrected chi connectivity index (χ0v) is 10.5. The average Bonchev–Trinajstić information content (AvgIpc) is 2.85. The highest BCUT2D eigenvalue weighted by atomic mass is 16.4. The predicted molar refractivity (Wildman–Crippen MR) is 71.9 cm³/mol. The molecule has 0 saturated heterocycles. The van der Waals surface area contributed by atoms with Crippen molar-refractivity contribution >= 4 is 17.0 Å². The minimum Gasteiger partial charge on any atom is -0.408 e. The minimum atomic E-state index is -0.487. The highest BCUT2D eigenvalue weighted by molar-refractivity contribution is 5.79. The number of hydrogen-bond acceptors (Lipinski definition) is 6. The smallest absolute Gasteiger partial charge is 0.408 e. The molecule has 2 aromatic heterocycles. The number of rotatable bonds is 2. The molecule has 0 radical (unpaired) electrons. The van der Waals surface area contributed by atoms with Gasteiger partial charge in [0, 0.05) is 25.0 Å². The van der Waals surface area contributed by atoms with E-state index in [1.54, 1.807) is 31.6 Å². The Bertz CT molecular complexity index is 857. The maximum atomic E-state index is 11.1. The molecule has 0 aliphatic rings. The molecule has 1 aromatic carbocycles. The van der Waals surface area contributed by atoms with Crippen molar-refractivity contribution in [2.24, 2.45) is 0 Å². The Balaban J connectivity index is 2.02. The first-order chi connectivity index (χ1) is 9.67. The van der Waals surface area contributed by atoms with Crippen LogP contribution in [-0.4, -0.2) is 22.0 Å². The van der Waals surface area contributed by atoms with Crippen molar-refractivity contribution in [3.63, 3.8) is 0 Å². The molecule has 0 aliphatic carbocycles. The van der Waals surface area contributed by atoms with Gasteiger partial charge in [-0.3, -0.25) is 9.88 Å². The maximum absolute atomic E-state index is 11.1. The van der Waals surface area contributed by atoms with Crippen LogP contribution in [-0.2, 0) is 0 Å². The summed E-state index contributed by atoms with van der Waals surface area (Å²) in [6.07, 6.45) is 5.16. The van der Waals surface area contributed by atoms with Gasteiger partial charge < -0.3 is 4.42 Å². The molecule has 0 spiro atoms. The van der Waals surface area contributed by atoms with Crippen LogP contribution in [0.2, 0.25) is 0 Å². The Hall–Kier alpha value is -3.14. The number of hydrogen-bond donors (Lipinski definition) is 1. The van der Waals surface area contributed by atoms with Crippen molar-refractivity contribution in [2.45, 2.75) is 0 Å². The molecule has 3 aromatic rings. The second-order valence-electron chi connectivity index (χ2n) is 4.16. The predicted octanol–water partition coefficient (Wildman–Crippen LogP) is 1.50. The standard InChI is InChI=1S/C13H9N5O2/c1-18(7-14)12-15-5-9(6-16-12)8-2-3-11-10(4-8)17-13(19)20-11/h2-6H,1H3,(H,17,19). The third kappa shape index (κ3) is 1.99. The largest absolute Gasteiger partial charge is 0.417 e. The van der Waals surface area contributed by atoms with Gasteiger partial charge in [0.1, 0.15) is 0 Å². The molecule has 0 amide bonds. The molecule has 2 heterocycles. The summed E-state index contributed by atoms with van der Waals surface area (Å²) >= 11 is 0. The topological polar surface area (TPSA) is 98.8 Å². The SMILES string of the molecule is CN(C#N)c1ncc(-c2ccc3oc(=O)[nH]c3c2)cn1. The average molecular weight is 267 g/mol. The summed E-state index contributed by atoms with van der Waals surface area (Å²) in [7, 11) is 1.58. The molecule has 0 fully saturated rings. The summed E-state index contributed by atoms with van der Waals surface area (Å²) in [6.45, 7) is 0. The van der Waals surface area contributed by atoms with Crippen LogP contribution in [0, 0.1) is 11.5 Å². The lowest BCUT2D eigenvalue weighted by molar-refractivity contribution is 0.555. The van der Waals surface area contributed by atoms with Crippen LogP contribution in [0.3, 0.4) is 0 Å². The van der Waals surface area contributed by atoms with Gasteiger partial charge in [0.2, 0.25) is 5.95 Å². The summed E-state index contributed by atoms with van der Waals surface area (Å²) in [5.74, 6) is -0.159. The fourth-order valence-electron chi connectivity index (χ4n) is 1.82. The first-order valence-electron chi connectivity index (χ1n) is 5.76. The summed E-state index contributed by atoms with van der Waals surface area (Å²) in [6, 6.07) is 5.30. The van der Waals surface area contributed by atoms with Crippen molar-refractivity contribution in [1.29, 1.82) is 5.26 Å². The number of aromatic nitrogens is 3. The summed E-state index contributed by atoms with van der Waals surface area (Å²) in [4.78, 5) is 23.2. The number of fused-ring (bicyclic) bond motifs is 1. The van der Waals surface area contributed by atoms with Crippen molar-refractivity contribution in [1.82, 2.24) is 15.0 Å². The fraction of sp³-hybridized carbons (Fsp3) is 0.0769. The van der Waals surface area contributed by atoms with Crippen LogP contribution in [0.25, 0.3) is 22.2 Å². The zero-order valence-electron chi connectivity index (χ0n) is 10.5. The lowest BCUT2D eigenvalue weighted by Crippen LogP contribution is -2.11. The van der Waals surface area contributed by atoms with Gasteiger partial charge in [-0.15, -0.1) is 0 Å². The van der Waals surface area contributed by atoms with Gasteiger partial charge in [0.15, 0.2) is 11.8 Å². The second kappa shape index (κ2) is 4.51. The van der Waals surface area contributed by atoms with Gasteiger partial charge in [-0.05, 0) is 17.7 Å². The van der Waals surface area contributed by atoms with E-state index >= 15 is 0 Å². The number of oxazole rings is 1. The van der Waals surface area contributed by atoms with Crippen LogP contribution in [0.1, 0.15) is 0 Å². The highest BCUT2D eigenvalue weighted by Crippen LogP contribution is 2.22. The Morgan fingerprint density at radius 3 is 2.75 bits per heavy atom. The van der Waals surface area contributed by atoms with Crippen molar-refractivity contribution in [3.05, 3.63) is 41.1 Å². The number of anilines is 1. The summed E-state index contributed by atoms with van der Waals surface area (Å²) in [5, 5.41) is 8.75. The van der Waals surface area contributed by atoms with Crippen molar-refractivity contribution in [2.75, 3.05) is 11.9 Å². The van der Waals surface area contributed by atoms with E-state index in [0.29, 0.717) is 17.0 Å². The van der Waals surface area contributed by atoms with E-state index in [1.165, 1.54) is 4.90 Å². The second-order valence-corrected chi connectivity index (χ2v) is 4.16. The molecule has 7 heteroatoms. The van der Waals surface area contributed by atoms with Crippen LogP contribution >= 0.6 is 0 Å². The lowest BCUT2D eigenvalue weighted by Gasteiger charge is -2.06. The van der Waals surface area contributed by atoms with Crippen LogP contribution in [0.15, 0.2) is 39.8 Å². The van der Waals surface area contributed by atoms with Gasteiger partial charge in [-0.1, -0.05) is 6.07 Å². The van der Waals surface area contributed by atoms with Crippen molar-refractivity contribution in [3.8, 4) is 17.3 Å². The van der Waals surface area contributed by atoms with Gasteiger partial charge >= 0.3 is 5.76 Å². The van der Waals surface area contributed by atoms with E-state index in [9.17, 15) is 4.79 Å². The zero-order chi connectivity index (χ0) is 14.1. The van der Waals surface area contributed by atoms with Crippen molar-refractivity contribution < 1.29 is 4.42 Å². The molecule has 20 heavy (non-hydrogen) atoms. The molecule has 3 rings (SSSR count). The van der Waals surface area contributed by atoms with Gasteiger partial charge in [-0.25, -0.2) is 14.8 Å². The van der Waals surface area contributed by atoms with Crippen LogP contribution in [0.5, 0.6) is 0 Å². The van der Waals surface area contributed by atoms with Crippen LogP contribution < -0.4 is 10.7 Å². The monoisotopic (exact) mass is 267 g/mol. The van der Waals surface area contributed by atoms with E-state index in [0.717, 1.165) is 11.1 Å². The van der Waals surface area contributed by atoms with Gasteiger partial charge in [-0.2, -0.15) is 5.26 Å². The van der Waals surface area contributed by atoms with E-state index < -0.39 is 5.76 Å². The number of nitrogens with zero attached hydrogens (tertiary/aromatic N) is 4. The van der Waals surface area contributed by atoms with Gasteiger partial charge in [0.25, 0.3) is 0 Å². The minimum absolute atomic E-state index is 0.328. The Morgan fingerprint density at radius 1 is 1.30 bits per heavy atom. The third-order valence-corrected chi connectivity index (χ3v) is 2.84. The summed E-state index contributed by atoms with van der Waals surface area (Å²) < 4.78 is 4.94. The Labute approximate surface area is 113 Å². The molecule has 0 saturated carbocycles. The number of benzene rings is 1. The van der Waals surface area contributed by atoms with Gasteiger partial charge in [0.05, 0.1) is 5.52 Å². The molecule has 0 aliphatic heterocycles. The highest BCUT2D eigenvalue weighted by Gasteiger charge is 2.06. The van der Waals surface area contributed by atoms with E-state index in [-0.39, 0.29) is 0 Å². The Kier molecular flexibility index (Phi) is 2.69. The first-order valence-corrected chi connectivity index (χ1v) is 5.76. The van der Waals surface area contributed by atoms with E-state index in [2.05, 4.69) is 15.0 Å². The molecule has 0 bridgehead atoms. The molecule has 0 atom stereocenters. The van der Waals surface area contributed by atoms with E-state index in [1.807, 2.05) is 12.3 Å². The molecular formula is C13H9N5O2.